The van der Waals surface area contributed by atoms with Gasteiger partial charge in [0, 0.05) is 22.1 Å². The van der Waals surface area contributed by atoms with Gasteiger partial charge in [0.2, 0.25) is 0 Å². The van der Waals surface area contributed by atoms with E-state index >= 15 is 0 Å². The number of benzene rings is 1. The Kier molecular flexibility index (Phi) is 6.52. The average Bonchev–Trinajstić information content (AvgIpc) is 2.53. The van der Waals surface area contributed by atoms with Crippen LogP contribution in [0.15, 0.2) is 22.7 Å². The maximum Gasteiger partial charge on any atom is 0.123 e. The van der Waals surface area contributed by atoms with Gasteiger partial charge in [-0.1, -0.05) is 42.1 Å². The molecule has 1 aromatic rings. The Bertz CT molecular complexity index is 444. The van der Waals surface area contributed by atoms with Crippen molar-refractivity contribution in [2.24, 2.45) is 0 Å². The van der Waals surface area contributed by atoms with E-state index in [4.69, 9.17) is 4.74 Å². The van der Waals surface area contributed by atoms with Gasteiger partial charge in [-0.15, -0.1) is 0 Å². The first-order valence-electron chi connectivity index (χ1n) is 7.96. The highest BCUT2D eigenvalue weighted by molar-refractivity contribution is 9.10. The molecule has 118 valence electrons. The monoisotopic (exact) mass is 355 g/mol. The third-order valence-corrected chi connectivity index (χ3v) is 4.74. The summed E-state index contributed by atoms with van der Waals surface area (Å²) in [6, 6.07) is 6.13. The second kappa shape index (κ2) is 8.16. The molecule has 1 fully saturated rings. The summed E-state index contributed by atoms with van der Waals surface area (Å²) in [7, 11) is 0. The fourth-order valence-electron chi connectivity index (χ4n) is 2.94. The molecule has 0 atom stereocenters. The highest BCUT2D eigenvalue weighted by Crippen LogP contribution is 2.29. The average molecular weight is 356 g/mol. The van der Waals surface area contributed by atoms with Gasteiger partial charge in [-0.05, 0) is 37.5 Å². The van der Waals surface area contributed by atoms with Gasteiger partial charge in [0.05, 0.1) is 13.2 Å². The standard InChI is InChI=1S/C17H26BrNO2/c1-2-10-21-16-7-6-15(18)11-14(16)12-19-17(13-20)8-4-3-5-9-17/h6-7,11,19-20H,2-5,8-10,12-13H2,1H3. The summed E-state index contributed by atoms with van der Waals surface area (Å²) < 4.78 is 6.88. The van der Waals surface area contributed by atoms with E-state index in [0.29, 0.717) is 0 Å². The van der Waals surface area contributed by atoms with Crippen LogP contribution in [0.3, 0.4) is 0 Å². The van der Waals surface area contributed by atoms with Crippen molar-refractivity contribution in [3.05, 3.63) is 28.2 Å². The number of nitrogens with one attached hydrogen (secondary N) is 1. The van der Waals surface area contributed by atoms with Crippen LogP contribution in [0.2, 0.25) is 0 Å². The molecule has 3 nitrogen and oxygen atoms in total. The van der Waals surface area contributed by atoms with Crippen molar-refractivity contribution in [3.63, 3.8) is 0 Å². The summed E-state index contributed by atoms with van der Waals surface area (Å²) in [5, 5.41) is 13.4. The summed E-state index contributed by atoms with van der Waals surface area (Å²) in [6.07, 6.45) is 6.80. The first kappa shape index (κ1) is 16.8. The molecular weight excluding hydrogens is 330 g/mol. The van der Waals surface area contributed by atoms with Crippen LogP contribution in [0.4, 0.5) is 0 Å². The SMILES string of the molecule is CCCOc1ccc(Br)cc1CNC1(CO)CCCCC1. The van der Waals surface area contributed by atoms with Crippen LogP contribution in [-0.2, 0) is 6.54 Å². The number of aliphatic hydroxyl groups excluding tert-OH is 1. The maximum absolute atomic E-state index is 9.78. The normalized spacial score (nSPS) is 17.7. The predicted molar refractivity (Wildman–Crippen MR) is 89.7 cm³/mol. The zero-order valence-corrected chi connectivity index (χ0v) is 14.4. The van der Waals surface area contributed by atoms with Crippen molar-refractivity contribution >= 4 is 15.9 Å². The summed E-state index contributed by atoms with van der Waals surface area (Å²) in [5.74, 6) is 0.941. The molecule has 0 bridgehead atoms. The van der Waals surface area contributed by atoms with Gasteiger partial charge in [-0.25, -0.2) is 0 Å². The first-order chi connectivity index (χ1) is 10.2. The lowest BCUT2D eigenvalue weighted by molar-refractivity contribution is 0.119. The van der Waals surface area contributed by atoms with E-state index in [9.17, 15) is 5.11 Å². The third-order valence-electron chi connectivity index (χ3n) is 4.25. The van der Waals surface area contributed by atoms with E-state index in [2.05, 4.69) is 34.2 Å². The zero-order valence-electron chi connectivity index (χ0n) is 12.8. The first-order valence-corrected chi connectivity index (χ1v) is 8.75. The van der Waals surface area contributed by atoms with E-state index < -0.39 is 0 Å². The molecule has 1 aliphatic carbocycles. The lowest BCUT2D eigenvalue weighted by Gasteiger charge is -2.37. The Morgan fingerprint density at radius 2 is 2.05 bits per heavy atom. The van der Waals surface area contributed by atoms with E-state index in [1.54, 1.807) is 0 Å². The van der Waals surface area contributed by atoms with Crippen LogP contribution in [0.25, 0.3) is 0 Å². The number of rotatable bonds is 7. The largest absolute Gasteiger partial charge is 0.493 e. The van der Waals surface area contributed by atoms with Crippen LogP contribution < -0.4 is 10.1 Å². The topological polar surface area (TPSA) is 41.5 Å². The van der Waals surface area contributed by atoms with Crippen LogP contribution in [0, 0.1) is 0 Å². The maximum atomic E-state index is 9.78. The van der Waals surface area contributed by atoms with Crippen molar-refractivity contribution < 1.29 is 9.84 Å². The minimum atomic E-state index is -0.109. The molecule has 0 radical (unpaired) electrons. The highest BCUT2D eigenvalue weighted by atomic mass is 79.9. The number of halogens is 1. The summed E-state index contributed by atoms with van der Waals surface area (Å²) in [5.41, 5.74) is 1.04. The second-order valence-electron chi connectivity index (χ2n) is 5.95. The van der Waals surface area contributed by atoms with Gasteiger partial charge in [0.1, 0.15) is 5.75 Å². The van der Waals surface area contributed by atoms with E-state index in [1.165, 1.54) is 19.3 Å². The molecule has 1 aliphatic rings. The van der Waals surface area contributed by atoms with Crippen molar-refractivity contribution in [3.8, 4) is 5.75 Å². The molecule has 2 N–H and O–H groups in total. The molecule has 0 spiro atoms. The van der Waals surface area contributed by atoms with Crippen molar-refractivity contribution in [1.29, 1.82) is 0 Å². The highest BCUT2D eigenvalue weighted by Gasteiger charge is 2.30. The van der Waals surface area contributed by atoms with Gasteiger partial charge in [0.15, 0.2) is 0 Å². The van der Waals surface area contributed by atoms with Crippen LogP contribution in [0.5, 0.6) is 5.75 Å². The van der Waals surface area contributed by atoms with E-state index in [0.717, 1.165) is 48.2 Å². The Hall–Kier alpha value is -0.580. The quantitative estimate of drug-likeness (QED) is 0.775. The molecule has 1 saturated carbocycles. The number of hydrogen-bond donors (Lipinski definition) is 2. The molecule has 21 heavy (non-hydrogen) atoms. The van der Waals surface area contributed by atoms with Gasteiger partial charge in [-0.3, -0.25) is 0 Å². The summed E-state index contributed by atoms with van der Waals surface area (Å²) in [4.78, 5) is 0. The van der Waals surface area contributed by atoms with E-state index in [1.807, 2.05) is 12.1 Å². The predicted octanol–water partition coefficient (Wildman–Crippen LogP) is 4.02. The van der Waals surface area contributed by atoms with Gasteiger partial charge in [0.25, 0.3) is 0 Å². The molecule has 2 rings (SSSR count). The van der Waals surface area contributed by atoms with Crippen molar-refractivity contribution in [1.82, 2.24) is 5.32 Å². The zero-order chi connectivity index (χ0) is 15.1. The Labute approximate surface area is 136 Å². The second-order valence-corrected chi connectivity index (χ2v) is 6.87. The summed E-state index contributed by atoms with van der Waals surface area (Å²) >= 11 is 3.53. The molecular formula is C17H26BrNO2. The van der Waals surface area contributed by atoms with Gasteiger partial charge < -0.3 is 15.2 Å². The summed E-state index contributed by atoms with van der Waals surface area (Å²) in [6.45, 7) is 3.80. The molecule has 0 heterocycles. The Morgan fingerprint density at radius 1 is 1.29 bits per heavy atom. The molecule has 0 saturated heterocycles. The smallest absolute Gasteiger partial charge is 0.123 e. The minimum Gasteiger partial charge on any atom is -0.493 e. The van der Waals surface area contributed by atoms with Crippen LogP contribution in [0.1, 0.15) is 51.0 Å². The number of ether oxygens (including phenoxy) is 1. The van der Waals surface area contributed by atoms with Gasteiger partial charge >= 0.3 is 0 Å². The fraction of sp³-hybridized carbons (Fsp3) is 0.647. The molecule has 0 aromatic heterocycles. The number of hydrogen-bond acceptors (Lipinski definition) is 3. The number of aliphatic hydroxyl groups is 1. The molecule has 1 aromatic carbocycles. The fourth-order valence-corrected chi connectivity index (χ4v) is 3.35. The Balaban J connectivity index is 2.05. The van der Waals surface area contributed by atoms with E-state index in [-0.39, 0.29) is 12.1 Å². The molecule has 0 aliphatic heterocycles. The van der Waals surface area contributed by atoms with Crippen LogP contribution in [-0.4, -0.2) is 23.9 Å². The third kappa shape index (κ3) is 4.70. The lowest BCUT2D eigenvalue weighted by atomic mass is 9.82. The molecule has 4 heteroatoms. The minimum absolute atomic E-state index is 0.109. The van der Waals surface area contributed by atoms with Crippen LogP contribution >= 0.6 is 15.9 Å². The van der Waals surface area contributed by atoms with Crippen molar-refractivity contribution in [2.45, 2.75) is 57.5 Å². The molecule has 0 amide bonds. The van der Waals surface area contributed by atoms with Gasteiger partial charge in [-0.2, -0.15) is 0 Å². The molecule has 0 unspecified atom stereocenters. The Morgan fingerprint density at radius 3 is 2.71 bits per heavy atom. The van der Waals surface area contributed by atoms with Crippen molar-refractivity contribution in [2.75, 3.05) is 13.2 Å². The lowest BCUT2D eigenvalue weighted by Crippen LogP contribution is -2.49.